The number of hydrogen-bond acceptors (Lipinski definition) is 3. The predicted molar refractivity (Wildman–Crippen MR) is 86.0 cm³/mol. The van der Waals surface area contributed by atoms with E-state index in [0.717, 1.165) is 38.5 Å². The van der Waals surface area contributed by atoms with Gasteiger partial charge in [-0.25, -0.2) is 8.42 Å². The van der Waals surface area contributed by atoms with Gasteiger partial charge in [0.15, 0.2) is 0 Å². The molecule has 2 fully saturated rings. The van der Waals surface area contributed by atoms with Crippen molar-refractivity contribution in [1.29, 1.82) is 0 Å². The Bertz CT molecular complexity index is 686. The van der Waals surface area contributed by atoms with E-state index < -0.39 is 10.0 Å². The molecule has 1 aliphatic heterocycles. The zero-order valence-electron chi connectivity index (χ0n) is 12.9. The number of aryl methyl sites for hydroxylation is 2. The van der Waals surface area contributed by atoms with Gasteiger partial charge >= 0.3 is 0 Å². The number of fused-ring (bicyclic) bond motifs is 2. The molecule has 5 heteroatoms. The van der Waals surface area contributed by atoms with Crippen molar-refractivity contribution in [3.63, 3.8) is 0 Å². The number of nitrogens with two attached hydrogens (primary N) is 1. The van der Waals surface area contributed by atoms with Crippen LogP contribution in [0.3, 0.4) is 0 Å². The van der Waals surface area contributed by atoms with Gasteiger partial charge in [0, 0.05) is 19.1 Å². The van der Waals surface area contributed by atoms with Gasteiger partial charge in [0.1, 0.15) is 0 Å². The van der Waals surface area contributed by atoms with Gasteiger partial charge in [-0.05, 0) is 67.2 Å². The third-order valence-electron chi connectivity index (χ3n) is 5.83. The van der Waals surface area contributed by atoms with Crippen molar-refractivity contribution >= 4 is 10.0 Å². The van der Waals surface area contributed by atoms with Crippen LogP contribution < -0.4 is 5.73 Å². The fourth-order valence-corrected chi connectivity index (χ4v) is 6.12. The Balaban J connectivity index is 1.61. The van der Waals surface area contributed by atoms with Gasteiger partial charge in [-0.15, -0.1) is 0 Å². The first-order chi connectivity index (χ1) is 10.6. The standard InChI is InChI=1S/C17H24N2O2S/c18-17-6-2-5-14-10-19(11-16(14)17)22(20,21)15-8-7-12-3-1-4-13(12)9-15/h7-9,14,16-17H,1-6,10-11,18H2. The Kier molecular flexibility index (Phi) is 3.55. The summed E-state index contributed by atoms with van der Waals surface area (Å²) in [5.74, 6) is 0.797. The van der Waals surface area contributed by atoms with Crippen molar-refractivity contribution in [2.24, 2.45) is 17.6 Å². The molecule has 0 radical (unpaired) electrons. The molecule has 1 aromatic rings. The highest BCUT2D eigenvalue weighted by atomic mass is 32.2. The van der Waals surface area contributed by atoms with Gasteiger partial charge in [0.05, 0.1) is 4.90 Å². The minimum atomic E-state index is -3.36. The molecule has 4 nitrogen and oxygen atoms in total. The molecule has 1 aromatic carbocycles. The number of nitrogens with zero attached hydrogens (tertiary/aromatic N) is 1. The molecule has 22 heavy (non-hydrogen) atoms. The molecular formula is C17H24N2O2S. The molecule has 3 aliphatic rings. The fraction of sp³-hybridized carbons (Fsp3) is 0.647. The molecule has 0 bridgehead atoms. The summed E-state index contributed by atoms with van der Waals surface area (Å²) >= 11 is 0. The van der Waals surface area contributed by atoms with Crippen LogP contribution in [-0.4, -0.2) is 31.9 Å². The molecule has 120 valence electrons. The molecule has 0 aromatic heterocycles. The summed E-state index contributed by atoms with van der Waals surface area (Å²) in [4.78, 5) is 0.473. The van der Waals surface area contributed by atoms with Crippen molar-refractivity contribution in [2.75, 3.05) is 13.1 Å². The van der Waals surface area contributed by atoms with Crippen LogP contribution in [0, 0.1) is 11.8 Å². The normalized spacial score (nSPS) is 32.0. The van der Waals surface area contributed by atoms with Crippen LogP contribution in [-0.2, 0) is 22.9 Å². The Morgan fingerprint density at radius 1 is 1.05 bits per heavy atom. The molecule has 4 rings (SSSR count). The topological polar surface area (TPSA) is 63.4 Å². The highest BCUT2D eigenvalue weighted by Crippen LogP contribution is 2.38. The maximum atomic E-state index is 13.0. The van der Waals surface area contributed by atoms with Crippen LogP contribution in [0.4, 0.5) is 0 Å². The van der Waals surface area contributed by atoms with Crippen LogP contribution in [0.2, 0.25) is 0 Å². The Hall–Kier alpha value is -0.910. The van der Waals surface area contributed by atoms with E-state index in [0.29, 0.717) is 29.8 Å². The van der Waals surface area contributed by atoms with Gasteiger partial charge in [-0.3, -0.25) is 0 Å². The SMILES string of the molecule is NC1CCCC2CN(S(=O)(=O)c3ccc4c(c3)CCC4)CC12. The van der Waals surface area contributed by atoms with E-state index in [1.54, 1.807) is 10.4 Å². The smallest absolute Gasteiger partial charge is 0.243 e. The summed E-state index contributed by atoms with van der Waals surface area (Å²) in [6, 6.07) is 5.87. The van der Waals surface area contributed by atoms with Crippen LogP contribution in [0.15, 0.2) is 23.1 Å². The van der Waals surface area contributed by atoms with Crippen LogP contribution in [0.1, 0.15) is 36.8 Å². The van der Waals surface area contributed by atoms with Gasteiger partial charge in [-0.2, -0.15) is 4.31 Å². The van der Waals surface area contributed by atoms with Gasteiger partial charge in [0.25, 0.3) is 0 Å². The minimum Gasteiger partial charge on any atom is -0.327 e. The molecule has 3 atom stereocenters. The van der Waals surface area contributed by atoms with E-state index in [4.69, 9.17) is 5.73 Å². The zero-order valence-corrected chi connectivity index (χ0v) is 13.7. The van der Waals surface area contributed by atoms with E-state index in [2.05, 4.69) is 0 Å². The van der Waals surface area contributed by atoms with E-state index in [9.17, 15) is 8.42 Å². The van der Waals surface area contributed by atoms with Crippen molar-refractivity contribution < 1.29 is 8.42 Å². The molecule has 3 unspecified atom stereocenters. The first kappa shape index (κ1) is 14.7. The largest absolute Gasteiger partial charge is 0.327 e. The van der Waals surface area contributed by atoms with E-state index >= 15 is 0 Å². The number of hydrogen-bond donors (Lipinski definition) is 1. The van der Waals surface area contributed by atoms with Crippen molar-refractivity contribution in [3.05, 3.63) is 29.3 Å². The molecular weight excluding hydrogens is 296 g/mol. The second-order valence-corrected chi connectivity index (χ2v) is 9.06. The first-order valence-corrected chi connectivity index (χ1v) is 9.87. The average Bonchev–Trinajstić information content (AvgIpc) is 3.13. The average molecular weight is 320 g/mol. The zero-order chi connectivity index (χ0) is 15.3. The van der Waals surface area contributed by atoms with Crippen LogP contribution >= 0.6 is 0 Å². The Morgan fingerprint density at radius 2 is 1.86 bits per heavy atom. The summed E-state index contributed by atoms with van der Waals surface area (Å²) in [5, 5.41) is 0. The molecule has 1 heterocycles. The summed E-state index contributed by atoms with van der Waals surface area (Å²) in [6.45, 7) is 1.25. The quantitative estimate of drug-likeness (QED) is 0.905. The van der Waals surface area contributed by atoms with Gasteiger partial charge < -0.3 is 5.73 Å². The van der Waals surface area contributed by atoms with Crippen molar-refractivity contribution in [2.45, 2.75) is 49.5 Å². The lowest BCUT2D eigenvalue weighted by atomic mass is 9.78. The maximum Gasteiger partial charge on any atom is 0.243 e. The van der Waals surface area contributed by atoms with Crippen molar-refractivity contribution in [1.82, 2.24) is 4.31 Å². The maximum absolute atomic E-state index is 13.0. The van der Waals surface area contributed by atoms with Gasteiger partial charge in [0.2, 0.25) is 10.0 Å². The third-order valence-corrected chi connectivity index (χ3v) is 7.66. The summed E-state index contributed by atoms with van der Waals surface area (Å²) in [7, 11) is -3.36. The number of benzene rings is 1. The second kappa shape index (κ2) is 5.32. The van der Waals surface area contributed by atoms with Crippen molar-refractivity contribution in [3.8, 4) is 0 Å². The second-order valence-electron chi connectivity index (χ2n) is 7.12. The number of sulfonamides is 1. The lowest BCUT2D eigenvalue weighted by molar-refractivity contribution is 0.260. The van der Waals surface area contributed by atoms with Crippen LogP contribution in [0.5, 0.6) is 0 Å². The predicted octanol–water partition coefficient (Wildman–Crippen LogP) is 1.92. The summed E-state index contributed by atoms with van der Waals surface area (Å²) < 4.78 is 27.6. The Morgan fingerprint density at radius 3 is 2.68 bits per heavy atom. The minimum absolute atomic E-state index is 0.166. The summed E-state index contributed by atoms with van der Waals surface area (Å²) in [5.41, 5.74) is 8.75. The lowest BCUT2D eigenvalue weighted by Gasteiger charge is -2.29. The van der Waals surface area contributed by atoms with E-state index in [1.165, 1.54) is 11.1 Å². The molecule has 2 aliphatic carbocycles. The molecule has 2 N–H and O–H groups in total. The fourth-order valence-electron chi connectivity index (χ4n) is 4.53. The van der Waals surface area contributed by atoms with E-state index in [-0.39, 0.29) is 6.04 Å². The molecule has 0 amide bonds. The van der Waals surface area contributed by atoms with Crippen LogP contribution in [0.25, 0.3) is 0 Å². The van der Waals surface area contributed by atoms with Gasteiger partial charge in [-0.1, -0.05) is 12.5 Å². The molecule has 0 spiro atoms. The highest BCUT2D eigenvalue weighted by molar-refractivity contribution is 7.89. The highest BCUT2D eigenvalue weighted by Gasteiger charge is 2.43. The number of rotatable bonds is 2. The molecule has 1 saturated heterocycles. The first-order valence-electron chi connectivity index (χ1n) is 8.43. The monoisotopic (exact) mass is 320 g/mol. The summed E-state index contributed by atoms with van der Waals surface area (Å²) in [6.07, 6.45) is 6.52. The lowest BCUT2D eigenvalue weighted by Crippen LogP contribution is -2.38. The van der Waals surface area contributed by atoms with E-state index in [1.807, 2.05) is 12.1 Å². The molecule has 1 saturated carbocycles. The third kappa shape index (κ3) is 2.30. The Labute approximate surface area is 132 Å².